The largest absolute Gasteiger partial charge is 0.494 e. The van der Waals surface area contributed by atoms with Crippen molar-refractivity contribution in [3.63, 3.8) is 0 Å². The number of hydrogen-bond donors (Lipinski definition) is 2. The number of nitrogens with zero attached hydrogens (tertiary/aromatic N) is 2. The Morgan fingerprint density at radius 2 is 1.62 bits per heavy atom. The van der Waals surface area contributed by atoms with Crippen molar-refractivity contribution in [1.29, 1.82) is 0 Å². The lowest BCUT2D eigenvalue weighted by Crippen LogP contribution is -2.13. The molecule has 3 aromatic rings. The molecular weight excluding hydrogens is 335 g/mol. The van der Waals surface area contributed by atoms with Crippen LogP contribution >= 0.6 is 0 Å². The number of amides is 1. The van der Waals surface area contributed by atoms with Crippen molar-refractivity contribution in [1.82, 2.24) is 9.97 Å². The van der Waals surface area contributed by atoms with Crippen LogP contribution in [0.1, 0.15) is 17.3 Å². The van der Waals surface area contributed by atoms with Crippen LogP contribution in [0.3, 0.4) is 0 Å². The van der Waals surface area contributed by atoms with Gasteiger partial charge in [0.1, 0.15) is 11.6 Å². The van der Waals surface area contributed by atoms with E-state index >= 15 is 0 Å². The summed E-state index contributed by atoms with van der Waals surface area (Å²) in [5, 5.41) is 5.70. The molecule has 132 valence electrons. The minimum atomic E-state index is -0.322. The van der Waals surface area contributed by atoms with Gasteiger partial charge in [-0.25, -0.2) is 14.4 Å². The van der Waals surface area contributed by atoms with Crippen molar-refractivity contribution >= 4 is 23.2 Å². The summed E-state index contributed by atoms with van der Waals surface area (Å²) in [6.45, 7) is 2.49. The molecule has 0 spiro atoms. The number of nitrogens with one attached hydrogen (secondary N) is 2. The molecular formula is C19H17FN4O2. The predicted molar refractivity (Wildman–Crippen MR) is 97.3 cm³/mol. The Hall–Kier alpha value is -3.48. The quantitative estimate of drug-likeness (QED) is 0.701. The average Bonchev–Trinajstić information content (AvgIpc) is 2.66. The molecule has 2 N–H and O–H groups in total. The number of anilines is 3. The van der Waals surface area contributed by atoms with Crippen molar-refractivity contribution in [3.05, 3.63) is 72.3 Å². The zero-order chi connectivity index (χ0) is 18.4. The lowest BCUT2D eigenvalue weighted by Gasteiger charge is -2.08. The lowest BCUT2D eigenvalue weighted by atomic mass is 10.2. The smallest absolute Gasteiger partial charge is 0.258 e. The van der Waals surface area contributed by atoms with Gasteiger partial charge in [0.15, 0.2) is 0 Å². The molecule has 6 nitrogen and oxygen atoms in total. The number of hydrogen-bond acceptors (Lipinski definition) is 5. The highest BCUT2D eigenvalue weighted by atomic mass is 19.1. The first kappa shape index (κ1) is 17.3. The summed E-state index contributed by atoms with van der Waals surface area (Å²) < 4.78 is 18.3. The van der Waals surface area contributed by atoms with Crippen molar-refractivity contribution in [3.8, 4) is 5.75 Å². The molecule has 0 saturated carbocycles. The highest BCUT2D eigenvalue weighted by molar-refractivity contribution is 6.03. The molecule has 0 aliphatic rings. The minimum Gasteiger partial charge on any atom is -0.494 e. The molecule has 0 aliphatic carbocycles. The van der Waals surface area contributed by atoms with Crippen molar-refractivity contribution < 1.29 is 13.9 Å². The van der Waals surface area contributed by atoms with Gasteiger partial charge < -0.3 is 15.4 Å². The molecule has 0 fully saturated rings. The van der Waals surface area contributed by atoms with Gasteiger partial charge in [-0.05, 0) is 55.5 Å². The number of carbonyl (C=O) groups is 1. The summed E-state index contributed by atoms with van der Waals surface area (Å²) in [6.07, 6.45) is 2.84. The van der Waals surface area contributed by atoms with E-state index in [0.29, 0.717) is 29.5 Å². The third-order valence-electron chi connectivity index (χ3n) is 3.44. The zero-order valence-electron chi connectivity index (χ0n) is 14.1. The predicted octanol–water partition coefficient (Wildman–Crippen LogP) is 4.01. The third kappa shape index (κ3) is 4.54. The van der Waals surface area contributed by atoms with Gasteiger partial charge >= 0.3 is 0 Å². The van der Waals surface area contributed by atoms with Crippen molar-refractivity contribution in [2.45, 2.75) is 6.92 Å². The van der Waals surface area contributed by atoms with E-state index in [1.54, 1.807) is 36.4 Å². The molecule has 3 rings (SSSR count). The molecule has 7 heteroatoms. The van der Waals surface area contributed by atoms with Crippen LogP contribution in [-0.4, -0.2) is 22.5 Å². The number of ether oxygens (including phenoxy) is 1. The van der Waals surface area contributed by atoms with Gasteiger partial charge in [-0.15, -0.1) is 0 Å². The summed E-state index contributed by atoms with van der Waals surface area (Å²) >= 11 is 0. The van der Waals surface area contributed by atoms with Crippen molar-refractivity contribution in [2.75, 3.05) is 17.2 Å². The summed E-state index contributed by atoms with van der Waals surface area (Å²) in [5.74, 6) is 0.416. The van der Waals surface area contributed by atoms with E-state index in [0.717, 1.165) is 5.75 Å². The van der Waals surface area contributed by atoms with Crippen molar-refractivity contribution in [2.24, 2.45) is 0 Å². The second kappa shape index (κ2) is 8.06. The molecule has 2 aromatic carbocycles. The van der Waals surface area contributed by atoms with Gasteiger partial charge in [0, 0.05) is 23.8 Å². The zero-order valence-corrected chi connectivity index (χ0v) is 14.1. The Balaban J connectivity index is 1.62. The van der Waals surface area contributed by atoms with E-state index < -0.39 is 0 Å². The second-order valence-corrected chi connectivity index (χ2v) is 5.34. The summed E-state index contributed by atoms with van der Waals surface area (Å²) in [5.41, 5.74) is 1.62. The topological polar surface area (TPSA) is 76.1 Å². The second-order valence-electron chi connectivity index (χ2n) is 5.34. The lowest BCUT2D eigenvalue weighted by molar-refractivity contribution is 0.102. The standard InChI is InChI=1S/C19H17FN4O2/c1-2-26-17-9-7-15(8-10-17)23-18(25)13-11-21-19(22-12-13)24-16-5-3-14(20)4-6-16/h3-12H,2H2,1H3,(H,23,25)(H,21,22,24). The molecule has 0 unspecified atom stereocenters. The molecule has 1 amide bonds. The van der Waals surface area contributed by atoms with E-state index in [9.17, 15) is 9.18 Å². The fourth-order valence-corrected chi connectivity index (χ4v) is 2.18. The molecule has 0 saturated heterocycles. The van der Waals surface area contributed by atoms with Crippen LogP contribution in [0.4, 0.5) is 21.7 Å². The number of aromatic nitrogens is 2. The van der Waals surface area contributed by atoms with Gasteiger partial charge in [0.05, 0.1) is 12.2 Å². The van der Waals surface area contributed by atoms with Gasteiger partial charge in [-0.3, -0.25) is 4.79 Å². The Labute approximate surface area is 150 Å². The van der Waals surface area contributed by atoms with Crippen LogP contribution in [0.25, 0.3) is 0 Å². The minimum absolute atomic E-state index is 0.314. The maximum absolute atomic E-state index is 12.9. The fourth-order valence-electron chi connectivity index (χ4n) is 2.18. The Bertz CT molecular complexity index is 866. The molecule has 0 radical (unpaired) electrons. The SMILES string of the molecule is CCOc1ccc(NC(=O)c2cnc(Nc3ccc(F)cc3)nc2)cc1. The summed E-state index contributed by atoms with van der Waals surface area (Å²) in [4.78, 5) is 20.4. The average molecular weight is 352 g/mol. The number of carbonyl (C=O) groups excluding carboxylic acids is 1. The van der Waals surface area contributed by atoms with Crippen LogP contribution in [0.5, 0.6) is 5.75 Å². The fraction of sp³-hybridized carbons (Fsp3) is 0.105. The molecule has 1 aromatic heterocycles. The van der Waals surface area contributed by atoms with E-state index in [2.05, 4.69) is 20.6 Å². The summed E-state index contributed by atoms with van der Waals surface area (Å²) in [7, 11) is 0. The highest BCUT2D eigenvalue weighted by Crippen LogP contribution is 2.17. The van der Waals surface area contributed by atoms with Crippen LogP contribution < -0.4 is 15.4 Å². The highest BCUT2D eigenvalue weighted by Gasteiger charge is 2.08. The molecule has 1 heterocycles. The van der Waals surface area contributed by atoms with Crippen LogP contribution in [0, 0.1) is 5.82 Å². The van der Waals surface area contributed by atoms with E-state index in [1.165, 1.54) is 24.5 Å². The molecule has 0 aliphatic heterocycles. The monoisotopic (exact) mass is 352 g/mol. The first-order valence-electron chi connectivity index (χ1n) is 8.03. The Morgan fingerprint density at radius 3 is 2.23 bits per heavy atom. The summed E-state index contributed by atoms with van der Waals surface area (Å²) in [6, 6.07) is 12.9. The van der Waals surface area contributed by atoms with Gasteiger partial charge in [0.2, 0.25) is 5.95 Å². The third-order valence-corrected chi connectivity index (χ3v) is 3.44. The van der Waals surface area contributed by atoms with Gasteiger partial charge in [-0.2, -0.15) is 0 Å². The molecule has 26 heavy (non-hydrogen) atoms. The maximum atomic E-state index is 12.9. The van der Waals surface area contributed by atoms with E-state index in [1.807, 2.05) is 6.92 Å². The molecule has 0 bridgehead atoms. The first-order valence-corrected chi connectivity index (χ1v) is 8.03. The van der Waals surface area contributed by atoms with Crippen LogP contribution in [0.2, 0.25) is 0 Å². The maximum Gasteiger partial charge on any atom is 0.258 e. The number of rotatable bonds is 6. The Morgan fingerprint density at radius 1 is 1.00 bits per heavy atom. The molecule has 0 atom stereocenters. The van der Waals surface area contributed by atoms with Crippen LogP contribution in [-0.2, 0) is 0 Å². The Kier molecular flexibility index (Phi) is 5.38. The normalized spacial score (nSPS) is 10.2. The van der Waals surface area contributed by atoms with E-state index in [4.69, 9.17) is 4.74 Å². The number of benzene rings is 2. The number of halogens is 1. The van der Waals surface area contributed by atoms with Crippen LogP contribution in [0.15, 0.2) is 60.9 Å². The van der Waals surface area contributed by atoms with Gasteiger partial charge in [0.25, 0.3) is 5.91 Å². The first-order chi connectivity index (χ1) is 12.6. The van der Waals surface area contributed by atoms with Gasteiger partial charge in [-0.1, -0.05) is 0 Å². The van der Waals surface area contributed by atoms with E-state index in [-0.39, 0.29) is 11.7 Å².